The van der Waals surface area contributed by atoms with Gasteiger partial charge in [-0.25, -0.2) is 14.2 Å². The Bertz CT molecular complexity index is 1010. The van der Waals surface area contributed by atoms with Crippen LogP contribution in [0.5, 0.6) is 5.75 Å². The van der Waals surface area contributed by atoms with Gasteiger partial charge in [-0.3, -0.25) is 4.79 Å². The van der Waals surface area contributed by atoms with E-state index in [1.165, 1.54) is 35.8 Å². The predicted octanol–water partition coefficient (Wildman–Crippen LogP) is 4.40. The summed E-state index contributed by atoms with van der Waals surface area (Å²) in [7, 11) is 0. The number of benzene rings is 1. The fraction of sp³-hybridized carbons (Fsp3) is 0.435. The largest absolute Gasteiger partial charge is 0.489 e. The van der Waals surface area contributed by atoms with Crippen molar-refractivity contribution in [1.29, 1.82) is 0 Å². The van der Waals surface area contributed by atoms with Crippen LogP contribution in [0, 0.1) is 17.7 Å². The molecule has 1 saturated heterocycles. The van der Waals surface area contributed by atoms with Crippen LogP contribution in [-0.4, -0.2) is 40.8 Å². The SMILES string of the molecule is CC(=O)O[C@@H]1C[C@@H]2O[C@@H](c3nc(C(=O)O)cs3)CC[C@@H]2[C@H]1/C=C/COc1cccc(F)c1. The zero-order valence-corrected chi connectivity index (χ0v) is 18.3. The molecule has 1 N–H and O–H groups in total. The number of thiazole rings is 1. The second-order valence-electron chi connectivity index (χ2n) is 7.94. The van der Waals surface area contributed by atoms with E-state index in [0.717, 1.165) is 6.42 Å². The highest BCUT2D eigenvalue weighted by molar-refractivity contribution is 7.09. The van der Waals surface area contributed by atoms with Gasteiger partial charge in [0.2, 0.25) is 0 Å². The number of rotatable bonds is 7. The van der Waals surface area contributed by atoms with Crippen LogP contribution < -0.4 is 4.74 Å². The van der Waals surface area contributed by atoms with E-state index in [1.54, 1.807) is 12.1 Å². The van der Waals surface area contributed by atoms with E-state index in [9.17, 15) is 14.0 Å². The van der Waals surface area contributed by atoms with Crippen molar-refractivity contribution < 1.29 is 33.3 Å². The van der Waals surface area contributed by atoms with Gasteiger partial charge in [0.1, 0.15) is 35.4 Å². The molecule has 170 valence electrons. The molecule has 1 aliphatic heterocycles. The molecule has 0 unspecified atom stereocenters. The molecule has 0 amide bonds. The molecule has 2 aliphatic rings. The first kappa shape index (κ1) is 22.4. The minimum absolute atomic E-state index is 0.0214. The fourth-order valence-corrected chi connectivity index (χ4v) is 5.34. The first-order chi connectivity index (χ1) is 15.4. The highest BCUT2D eigenvalue weighted by atomic mass is 32.1. The number of fused-ring (bicyclic) bond motifs is 1. The summed E-state index contributed by atoms with van der Waals surface area (Å²) in [6.45, 7) is 1.66. The number of nitrogens with zero attached hydrogens (tertiary/aromatic N) is 1. The third-order valence-corrected chi connectivity index (χ3v) is 6.74. The van der Waals surface area contributed by atoms with Gasteiger partial charge in [-0.2, -0.15) is 0 Å². The molecule has 1 saturated carbocycles. The molecule has 1 aromatic carbocycles. The maximum absolute atomic E-state index is 13.3. The number of carbonyl (C=O) groups is 2. The summed E-state index contributed by atoms with van der Waals surface area (Å²) in [5.41, 5.74) is 0.0269. The van der Waals surface area contributed by atoms with E-state index in [1.807, 2.05) is 12.2 Å². The zero-order valence-electron chi connectivity index (χ0n) is 17.5. The quantitative estimate of drug-likeness (QED) is 0.482. The normalized spacial score (nSPS) is 27.2. The van der Waals surface area contributed by atoms with Crippen molar-refractivity contribution in [1.82, 2.24) is 4.98 Å². The summed E-state index contributed by atoms with van der Waals surface area (Å²) in [5.74, 6) is -1.16. The van der Waals surface area contributed by atoms with Gasteiger partial charge in [-0.1, -0.05) is 18.2 Å². The molecule has 1 aliphatic carbocycles. The number of hydrogen-bond acceptors (Lipinski definition) is 7. The summed E-state index contributed by atoms with van der Waals surface area (Å²) in [6.07, 6.45) is 5.29. The molecule has 2 heterocycles. The minimum Gasteiger partial charge on any atom is -0.489 e. The monoisotopic (exact) mass is 461 g/mol. The van der Waals surface area contributed by atoms with Crippen LogP contribution in [0.15, 0.2) is 41.8 Å². The number of ether oxygens (including phenoxy) is 3. The summed E-state index contributed by atoms with van der Waals surface area (Å²) in [6, 6.07) is 5.96. The second-order valence-corrected chi connectivity index (χ2v) is 8.83. The van der Waals surface area contributed by atoms with Gasteiger partial charge in [-0.05, 0) is 30.9 Å². The maximum Gasteiger partial charge on any atom is 0.355 e. The van der Waals surface area contributed by atoms with Crippen LogP contribution in [0.3, 0.4) is 0 Å². The van der Waals surface area contributed by atoms with Gasteiger partial charge in [0.25, 0.3) is 0 Å². The van der Waals surface area contributed by atoms with Gasteiger partial charge in [0, 0.05) is 30.7 Å². The van der Waals surface area contributed by atoms with E-state index in [-0.39, 0.29) is 54.2 Å². The fourth-order valence-electron chi connectivity index (χ4n) is 4.48. The lowest BCUT2D eigenvalue weighted by molar-refractivity contribution is -0.147. The summed E-state index contributed by atoms with van der Waals surface area (Å²) in [4.78, 5) is 26.9. The maximum atomic E-state index is 13.3. The molecule has 2 fully saturated rings. The predicted molar refractivity (Wildman–Crippen MR) is 114 cm³/mol. The van der Waals surface area contributed by atoms with Crippen molar-refractivity contribution in [2.75, 3.05) is 6.61 Å². The number of halogens is 1. The number of carbonyl (C=O) groups excluding carboxylic acids is 1. The average Bonchev–Trinajstić information content (AvgIpc) is 3.36. The van der Waals surface area contributed by atoms with Crippen LogP contribution in [0.4, 0.5) is 4.39 Å². The second kappa shape index (κ2) is 9.79. The van der Waals surface area contributed by atoms with E-state index in [4.69, 9.17) is 19.3 Å². The van der Waals surface area contributed by atoms with Gasteiger partial charge < -0.3 is 19.3 Å². The molecule has 2 aromatic rings. The number of aromatic nitrogens is 1. The lowest BCUT2D eigenvalue weighted by atomic mass is 9.86. The van der Waals surface area contributed by atoms with E-state index in [0.29, 0.717) is 23.6 Å². The molecular weight excluding hydrogens is 437 g/mol. The Balaban J connectivity index is 1.41. The number of esters is 1. The lowest BCUT2D eigenvalue weighted by Crippen LogP contribution is -2.30. The van der Waals surface area contributed by atoms with Gasteiger partial charge in [0.05, 0.1) is 6.10 Å². The van der Waals surface area contributed by atoms with Crippen molar-refractivity contribution in [3.8, 4) is 5.75 Å². The molecule has 4 rings (SSSR count). The van der Waals surface area contributed by atoms with E-state index >= 15 is 0 Å². The Morgan fingerprint density at radius 3 is 2.94 bits per heavy atom. The molecule has 0 spiro atoms. The Hall–Kier alpha value is -2.78. The zero-order chi connectivity index (χ0) is 22.7. The van der Waals surface area contributed by atoms with Gasteiger partial charge >= 0.3 is 11.9 Å². The first-order valence-electron chi connectivity index (χ1n) is 10.5. The Labute approximate surface area is 188 Å². The Morgan fingerprint density at radius 1 is 1.38 bits per heavy atom. The lowest BCUT2D eigenvalue weighted by Gasteiger charge is -2.33. The van der Waals surface area contributed by atoms with Crippen molar-refractivity contribution >= 4 is 23.3 Å². The standard InChI is InChI=1S/C23H24FNO6S/c1-13(26)30-20-11-21-17(7-8-19(31-21)22-25-18(12-32-22)23(27)28)16(20)6-3-9-29-15-5-2-4-14(24)10-15/h2-6,10,12,16-17,19-21H,7-9,11H2,1H3,(H,27,28)/b6-3+/t16-,17-,19-,20-,21+/m1/s1. The van der Waals surface area contributed by atoms with Crippen molar-refractivity contribution in [2.24, 2.45) is 11.8 Å². The van der Waals surface area contributed by atoms with Crippen LogP contribution in [0.25, 0.3) is 0 Å². The average molecular weight is 462 g/mol. The topological polar surface area (TPSA) is 95.0 Å². The summed E-state index contributed by atoms with van der Waals surface area (Å²) < 4.78 is 30.7. The number of carboxylic acids is 1. The molecular formula is C23H24FNO6S. The third-order valence-electron chi connectivity index (χ3n) is 5.80. The molecule has 32 heavy (non-hydrogen) atoms. The molecule has 7 nitrogen and oxygen atoms in total. The number of aromatic carboxylic acids is 1. The number of carboxylic acid groups (broad SMARTS) is 1. The van der Waals surface area contributed by atoms with Crippen molar-refractivity contribution in [2.45, 2.75) is 44.5 Å². The molecule has 5 atom stereocenters. The highest BCUT2D eigenvalue weighted by Gasteiger charge is 2.47. The molecule has 0 bridgehead atoms. The molecule has 0 radical (unpaired) electrons. The third kappa shape index (κ3) is 5.16. The van der Waals surface area contributed by atoms with Crippen LogP contribution in [-0.2, 0) is 14.3 Å². The van der Waals surface area contributed by atoms with Crippen LogP contribution >= 0.6 is 11.3 Å². The molecule has 9 heteroatoms. The smallest absolute Gasteiger partial charge is 0.355 e. The summed E-state index contributed by atoms with van der Waals surface area (Å²) in [5, 5.41) is 11.3. The molecule has 1 aromatic heterocycles. The van der Waals surface area contributed by atoms with E-state index in [2.05, 4.69) is 4.98 Å². The first-order valence-corrected chi connectivity index (χ1v) is 11.3. The van der Waals surface area contributed by atoms with Crippen molar-refractivity contribution in [3.63, 3.8) is 0 Å². The van der Waals surface area contributed by atoms with E-state index < -0.39 is 5.97 Å². The number of hydrogen-bond donors (Lipinski definition) is 1. The Kier molecular flexibility index (Phi) is 6.86. The van der Waals surface area contributed by atoms with Gasteiger partial charge in [0.15, 0.2) is 5.69 Å². The minimum atomic E-state index is -1.05. The van der Waals surface area contributed by atoms with Crippen LogP contribution in [0.1, 0.15) is 47.8 Å². The van der Waals surface area contributed by atoms with Crippen LogP contribution in [0.2, 0.25) is 0 Å². The van der Waals surface area contributed by atoms with Gasteiger partial charge in [-0.15, -0.1) is 11.3 Å². The Morgan fingerprint density at radius 2 is 2.22 bits per heavy atom. The van der Waals surface area contributed by atoms with Crippen molar-refractivity contribution in [3.05, 3.63) is 58.3 Å². The highest BCUT2D eigenvalue weighted by Crippen LogP contribution is 2.47. The summed E-state index contributed by atoms with van der Waals surface area (Å²) >= 11 is 1.29.